The van der Waals surface area contributed by atoms with Gasteiger partial charge in [0, 0.05) is 53.1 Å². The molecule has 99 heavy (non-hydrogen) atoms. The van der Waals surface area contributed by atoms with Gasteiger partial charge in [-0.1, -0.05) is 201 Å². The summed E-state index contributed by atoms with van der Waals surface area (Å²) in [7, 11) is 10.7. The molecule has 0 bridgehead atoms. The molecule has 1 saturated heterocycles. The molecule has 1 aliphatic rings. The van der Waals surface area contributed by atoms with Gasteiger partial charge < -0.3 is 122 Å². The maximum absolute atomic E-state index is 13.9. The Morgan fingerprint density at radius 1 is 0.444 bits per heavy atom. The number of carbonyl (C=O) groups excluding carboxylic acids is 13. The van der Waals surface area contributed by atoms with Crippen LogP contribution in [-0.4, -0.2) is 191 Å². The number of nitrogens with one attached hydrogen (secondary N) is 1. The van der Waals surface area contributed by atoms with Crippen LogP contribution < -0.4 is 58.6 Å². The van der Waals surface area contributed by atoms with Crippen molar-refractivity contribution in [2.45, 2.75) is 201 Å². The normalized spacial score (nSPS) is 8.86. The Kier molecular flexibility index (Phi) is 272. The fourth-order valence-electron chi connectivity index (χ4n) is 5.55. The van der Waals surface area contributed by atoms with Crippen molar-refractivity contribution in [1.29, 1.82) is 0 Å². The molecule has 0 aliphatic carbocycles. The molecule has 1 fully saturated rings. The monoisotopic (exact) mass is 1430 g/mol. The summed E-state index contributed by atoms with van der Waals surface area (Å²) in [5, 5.41) is 10.9. The molecule has 27 nitrogen and oxygen atoms in total. The van der Waals surface area contributed by atoms with E-state index in [9.17, 15) is 19.2 Å². The number of hydrogen-bond donors (Lipinski definition) is 11. The van der Waals surface area contributed by atoms with Gasteiger partial charge in [-0.15, -0.1) is 0 Å². The molecule has 3 aromatic rings. The zero-order valence-electron chi connectivity index (χ0n) is 67.7. The van der Waals surface area contributed by atoms with Crippen molar-refractivity contribution in [1.82, 2.24) is 44.6 Å². The lowest BCUT2D eigenvalue weighted by Gasteiger charge is -2.35. The van der Waals surface area contributed by atoms with Crippen LogP contribution in [0.3, 0.4) is 0 Å². The fourth-order valence-corrected chi connectivity index (χ4v) is 5.55. The topological polar surface area (TPSA) is 534 Å². The number of likely N-dealkylation sites (tertiary alicyclic amines) is 1. The van der Waals surface area contributed by atoms with Crippen LogP contribution in [0.1, 0.15) is 174 Å². The van der Waals surface area contributed by atoms with E-state index in [0.29, 0.717) is 19.5 Å². The molecule has 0 unspecified atom stereocenters. The predicted molar refractivity (Wildman–Crippen MR) is 426 cm³/mol. The standard InChI is InChI=1S/C30H40N4O4.C8H10.C5H12.C4H10.C3H8O.4C2H6.5CH5N.9CH2O.4H3N/c1-22(29(37)34-18-12-7-13-19-34)31-28(36)26(20-24-14-8-5-9-15-24)33(4)30(38)27(32(3)23(2)35)21-25-16-10-6-11-17-25;1-2-8-6-4-3-5-7-8;1-4-5(2)3;1-4(2)3;1-3(2)4;18*1-2;;;;/h5-6,8-11,14-17,22,26-27H,7,12-13,18-21H2,1-4H3,(H,31,36);3-7H,2H2,1H3;5H,4H2,1-3H3;4H,1-3H3;3-4H,1-2H3;4*1-2H3;5*2H2,1H3;9*1H2;4*1H3/t22-,26-,27-;;;;;;;;;;;;;;;;;;;;;;;;;;/m0........................../s1. The molecule has 3 aromatic carbocycles. The van der Waals surface area contributed by atoms with E-state index in [1.807, 2.05) is 183 Å². The summed E-state index contributed by atoms with van der Waals surface area (Å²) in [6, 6.07) is 27.1. The van der Waals surface area contributed by atoms with Crippen molar-refractivity contribution in [3.8, 4) is 0 Å². The van der Waals surface area contributed by atoms with E-state index in [4.69, 9.17) is 48.3 Å². The Morgan fingerprint density at radius 3 is 0.869 bits per heavy atom. The molecule has 24 N–H and O–H groups in total. The Labute approximate surface area is 605 Å². The lowest BCUT2D eigenvalue weighted by atomic mass is 10.00. The van der Waals surface area contributed by atoms with Gasteiger partial charge >= 0.3 is 0 Å². The molecule has 4 rings (SSSR count). The van der Waals surface area contributed by atoms with E-state index < -0.39 is 24.0 Å². The average Bonchev–Trinajstić information content (AvgIpc) is 1.02. The number of benzene rings is 3. The first-order chi connectivity index (χ1) is 45.9. The number of likely N-dealkylation sites (N-methyl/N-ethyl adjacent to an activating group) is 2. The third-order valence-corrected chi connectivity index (χ3v) is 9.38. The van der Waals surface area contributed by atoms with Gasteiger partial charge in [-0.05, 0) is 110 Å². The highest BCUT2D eigenvalue weighted by molar-refractivity contribution is 5.94. The van der Waals surface area contributed by atoms with E-state index >= 15 is 0 Å². The molecule has 1 aliphatic heterocycles. The number of amides is 4. The van der Waals surface area contributed by atoms with Crippen LogP contribution in [0.2, 0.25) is 0 Å². The van der Waals surface area contributed by atoms with Crippen molar-refractivity contribution < 1.29 is 67.4 Å². The molecule has 27 heteroatoms. The minimum atomic E-state index is -0.861. The number of carbonyl (C=O) groups is 13. The first kappa shape index (κ1) is 160. The van der Waals surface area contributed by atoms with Crippen LogP contribution in [0.5, 0.6) is 0 Å². The number of hydrogen-bond acceptors (Lipinski definition) is 23. The van der Waals surface area contributed by atoms with Gasteiger partial charge in [-0.2, -0.15) is 0 Å². The minimum Gasteiger partial charge on any atom is -0.394 e. The van der Waals surface area contributed by atoms with E-state index in [-0.39, 0.29) is 54.8 Å². The molecule has 0 spiro atoms. The van der Waals surface area contributed by atoms with Gasteiger partial charge in [0.2, 0.25) is 23.6 Å². The van der Waals surface area contributed by atoms with E-state index in [2.05, 4.69) is 107 Å². The van der Waals surface area contributed by atoms with Crippen LogP contribution in [0.25, 0.3) is 0 Å². The van der Waals surface area contributed by atoms with E-state index in [1.165, 1.54) is 63.9 Å². The van der Waals surface area contributed by atoms with Gasteiger partial charge in [-0.3, -0.25) is 19.2 Å². The zero-order chi connectivity index (χ0) is 80.9. The third-order valence-electron chi connectivity index (χ3n) is 9.38. The fraction of sp³-hybridized carbons (Fsp3) is 0.569. The van der Waals surface area contributed by atoms with Crippen LogP contribution >= 0.6 is 0 Å². The number of nitrogens with zero attached hydrogens (tertiary/aromatic N) is 3. The summed E-state index contributed by atoms with van der Waals surface area (Å²) < 4.78 is 0. The van der Waals surface area contributed by atoms with Gasteiger partial charge in [0.1, 0.15) is 79.2 Å². The molecular formula is C72H159N13O14. The Morgan fingerprint density at radius 2 is 0.667 bits per heavy atom. The maximum Gasteiger partial charge on any atom is 0.246 e. The smallest absolute Gasteiger partial charge is 0.246 e. The summed E-state index contributed by atoms with van der Waals surface area (Å²) in [5.41, 5.74) is 25.7. The number of aryl methyl sites for hydroxylation is 1. The second-order valence-electron chi connectivity index (χ2n) is 16.6. The SMILES string of the molecule is C=O.C=O.C=O.C=O.C=O.C=O.C=O.C=O.C=O.CC.CC.CC.CC.CC(=O)N(C)[C@@H](Cc1ccccc1)C(=O)N(C)[C@@H](Cc1ccccc1)C(=O)N[C@@H](C)C(=O)N1CCCCC1.CC(C)C.CC(C)O.CCC(C)C.CCc1ccccc1.CN.CN.CN.CN.CN.N.N.N.N. The van der Waals surface area contributed by atoms with Gasteiger partial charge in [-0.25, -0.2) is 0 Å². The number of piperidine rings is 1. The molecule has 4 amide bonds. The lowest BCUT2D eigenvalue weighted by molar-refractivity contribution is -0.147. The first-order valence-corrected chi connectivity index (χ1v) is 31.2. The predicted octanol–water partition coefficient (Wildman–Crippen LogP) is 9.98. The largest absolute Gasteiger partial charge is 0.394 e. The van der Waals surface area contributed by atoms with Crippen molar-refractivity contribution in [3.05, 3.63) is 108 Å². The highest BCUT2D eigenvalue weighted by atomic mass is 16.3. The molecular weight excluding hydrogens is 1270 g/mol. The lowest BCUT2D eigenvalue weighted by Crippen LogP contribution is -2.58. The summed E-state index contributed by atoms with van der Waals surface area (Å²) in [4.78, 5) is 129. The highest BCUT2D eigenvalue weighted by Crippen LogP contribution is 2.16. The van der Waals surface area contributed by atoms with Gasteiger partial charge in [0.05, 0.1) is 0 Å². The third kappa shape index (κ3) is 135. The van der Waals surface area contributed by atoms with Crippen LogP contribution in [-0.2, 0) is 81.6 Å². The second kappa shape index (κ2) is 169. The minimum absolute atomic E-state index is 0. The molecule has 596 valence electrons. The number of aliphatic hydroxyl groups is 1. The first-order valence-electron chi connectivity index (χ1n) is 31.2. The van der Waals surface area contributed by atoms with Crippen LogP contribution in [0.4, 0.5) is 0 Å². The summed E-state index contributed by atoms with van der Waals surface area (Å²) >= 11 is 0. The number of rotatable bonds is 12. The van der Waals surface area contributed by atoms with E-state index in [0.717, 1.165) is 48.6 Å². The molecule has 3 atom stereocenters. The average molecular weight is 1430 g/mol. The van der Waals surface area contributed by atoms with Crippen LogP contribution in [0, 0.1) is 11.8 Å². The van der Waals surface area contributed by atoms with Crippen molar-refractivity contribution in [2.75, 3.05) is 62.4 Å². The van der Waals surface area contributed by atoms with Crippen molar-refractivity contribution in [3.63, 3.8) is 0 Å². The highest BCUT2D eigenvalue weighted by Gasteiger charge is 2.35. The number of aliphatic hydroxyl groups excluding tert-OH is 1. The van der Waals surface area contributed by atoms with Crippen molar-refractivity contribution in [2.24, 2.45) is 40.5 Å². The molecule has 0 saturated carbocycles. The molecule has 0 radical (unpaired) electrons. The van der Waals surface area contributed by atoms with E-state index in [1.54, 1.807) is 39.8 Å². The van der Waals surface area contributed by atoms with Crippen LogP contribution in [0.15, 0.2) is 91.0 Å². The van der Waals surface area contributed by atoms with Gasteiger partial charge in [0.15, 0.2) is 0 Å². The summed E-state index contributed by atoms with van der Waals surface area (Å²) in [6.07, 6.45) is 5.92. The zero-order valence-corrected chi connectivity index (χ0v) is 67.7. The summed E-state index contributed by atoms with van der Waals surface area (Å²) in [5.74, 6) is 0.639. The Bertz CT molecular complexity index is 1720. The molecule has 1 heterocycles. The maximum atomic E-state index is 13.9. The number of nitrogens with two attached hydrogens (primary N) is 5. The van der Waals surface area contributed by atoms with Gasteiger partial charge in [0.25, 0.3) is 0 Å². The van der Waals surface area contributed by atoms with Crippen molar-refractivity contribution >= 4 is 84.7 Å². The Balaban J connectivity index is -0.0000000375. The second-order valence-corrected chi connectivity index (χ2v) is 16.6. The quantitative estimate of drug-likeness (QED) is 0.0803. The summed E-state index contributed by atoms with van der Waals surface area (Å²) in [6.45, 7) is 57.3. The molecule has 0 aromatic heterocycles. The Hall–Kier alpha value is -7.83.